The Labute approximate surface area is 165 Å². The molecule has 29 heavy (non-hydrogen) atoms. The molecule has 0 unspecified atom stereocenters. The molecule has 0 saturated carbocycles. The number of aryl methyl sites for hydroxylation is 2. The molecule has 1 aliphatic carbocycles. The van der Waals surface area contributed by atoms with Gasteiger partial charge >= 0.3 is 12.6 Å². The van der Waals surface area contributed by atoms with E-state index in [1.54, 1.807) is 6.07 Å². The van der Waals surface area contributed by atoms with Crippen molar-refractivity contribution in [3.63, 3.8) is 0 Å². The summed E-state index contributed by atoms with van der Waals surface area (Å²) in [5.41, 5.74) is 3.22. The van der Waals surface area contributed by atoms with E-state index in [2.05, 4.69) is 16.1 Å². The van der Waals surface area contributed by atoms with Gasteiger partial charge in [0.05, 0.1) is 5.56 Å². The van der Waals surface area contributed by atoms with Crippen LogP contribution in [0.5, 0.6) is 5.75 Å². The molecule has 1 aliphatic rings. The first-order chi connectivity index (χ1) is 14.0. The maximum absolute atomic E-state index is 12.5. The Bertz CT molecular complexity index is 1070. The number of carbonyl (C=O) groups excluding carboxylic acids is 2. The third-order valence-corrected chi connectivity index (χ3v) is 4.79. The highest BCUT2D eigenvalue weighted by atomic mass is 19.3. The molecule has 0 atom stereocenters. The summed E-state index contributed by atoms with van der Waals surface area (Å²) in [6, 6.07) is 15.0. The van der Waals surface area contributed by atoms with E-state index in [1.165, 1.54) is 35.4 Å². The van der Waals surface area contributed by atoms with Crippen molar-refractivity contribution in [2.24, 2.45) is 0 Å². The van der Waals surface area contributed by atoms with Gasteiger partial charge in [-0.15, -0.1) is 0 Å². The highest BCUT2D eigenvalue weighted by Gasteiger charge is 2.20. The highest BCUT2D eigenvalue weighted by molar-refractivity contribution is 6.07. The molecule has 3 aromatic rings. The van der Waals surface area contributed by atoms with Crippen LogP contribution in [0.1, 0.15) is 21.5 Å². The van der Waals surface area contributed by atoms with E-state index in [4.69, 9.17) is 4.74 Å². The second-order valence-corrected chi connectivity index (χ2v) is 6.64. The average molecular weight is 397 g/mol. The first-order valence-electron chi connectivity index (χ1n) is 9.06. The number of halogens is 2. The molecule has 1 amide bonds. The van der Waals surface area contributed by atoms with Crippen molar-refractivity contribution >= 4 is 28.3 Å². The number of benzene rings is 3. The molecule has 0 aliphatic heterocycles. The molecule has 7 heteroatoms. The molecule has 148 valence electrons. The fraction of sp³-hybridized carbons (Fsp3) is 0.182. The van der Waals surface area contributed by atoms with Gasteiger partial charge < -0.3 is 14.8 Å². The van der Waals surface area contributed by atoms with Crippen molar-refractivity contribution in [1.29, 1.82) is 0 Å². The Morgan fingerprint density at radius 2 is 1.69 bits per heavy atom. The lowest BCUT2D eigenvalue weighted by Gasteiger charge is -2.10. The minimum atomic E-state index is -2.92. The van der Waals surface area contributed by atoms with E-state index < -0.39 is 25.1 Å². The molecule has 4 rings (SSSR count). The van der Waals surface area contributed by atoms with E-state index >= 15 is 0 Å². The van der Waals surface area contributed by atoms with Crippen LogP contribution in [0.3, 0.4) is 0 Å². The molecule has 1 N–H and O–H groups in total. The fourth-order valence-electron chi connectivity index (χ4n) is 3.55. The van der Waals surface area contributed by atoms with Crippen LogP contribution in [-0.4, -0.2) is 25.1 Å². The Balaban J connectivity index is 1.39. The smallest absolute Gasteiger partial charge is 0.387 e. The number of amides is 1. The van der Waals surface area contributed by atoms with Gasteiger partial charge in [-0.05, 0) is 65.1 Å². The summed E-state index contributed by atoms with van der Waals surface area (Å²) >= 11 is 0. The van der Waals surface area contributed by atoms with Gasteiger partial charge in [0.2, 0.25) is 0 Å². The fourth-order valence-corrected chi connectivity index (χ4v) is 3.55. The SMILES string of the molecule is O=C(COC(=O)c1ccc2c3c(cccc13)CC2)Nc1ccc(OC(F)F)cc1. The summed E-state index contributed by atoms with van der Waals surface area (Å²) in [4.78, 5) is 24.6. The highest BCUT2D eigenvalue weighted by Crippen LogP contribution is 2.33. The lowest BCUT2D eigenvalue weighted by Crippen LogP contribution is -2.21. The van der Waals surface area contributed by atoms with Crippen molar-refractivity contribution in [2.45, 2.75) is 19.5 Å². The van der Waals surface area contributed by atoms with Crippen molar-refractivity contribution in [1.82, 2.24) is 0 Å². The monoisotopic (exact) mass is 397 g/mol. The van der Waals surface area contributed by atoms with Crippen LogP contribution < -0.4 is 10.1 Å². The van der Waals surface area contributed by atoms with Gasteiger partial charge in [-0.1, -0.05) is 24.3 Å². The minimum Gasteiger partial charge on any atom is -0.452 e. The maximum atomic E-state index is 12.5. The first-order valence-corrected chi connectivity index (χ1v) is 9.06. The van der Waals surface area contributed by atoms with Gasteiger partial charge in [0.1, 0.15) is 5.75 Å². The molecular formula is C22H17F2NO4. The van der Waals surface area contributed by atoms with Gasteiger partial charge in [0.15, 0.2) is 6.61 Å². The number of nitrogens with one attached hydrogen (secondary N) is 1. The molecule has 0 aromatic heterocycles. The van der Waals surface area contributed by atoms with Gasteiger partial charge in [-0.3, -0.25) is 4.79 Å². The number of hydrogen-bond donors (Lipinski definition) is 1. The normalized spacial score (nSPS) is 12.2. The predicted molar refractivity (Wildman–Crippen MR) is 103 cm³/mol. The molecule has 0 spiro atoms. The van der Waals surface area contributed by atoms with Gasteiger partial charge in [0, 0.05) is 5.69 Å². The number of ether oxygens (including phenoxy) is 2. The van der Waals surface area contributed by atoms with Crippen LogP contribution in [-0.2, 0) is 22.4 Å². The topological polar surface area (TPSA) is 64.6 Å². The van der Waals surface area contributed by atoms with E-state index in [1.807, 2.05) is 18.2 Å². The largest absolute Gasteiger partial charge is 0.452 e. The Hall–Kier alpha value is -3.48. The zero-order chi connectivity index (χ0) is 20.4. The summed E-state index contributed by atoms with van der Waals surface area (Å²) in [7, 11) is 0. The number of esters is 1. The standard InChI is InChI=1S/C22H17F2NO4/c23-22(24)29-16-9-7-15(8-10-16)25-19(26)12-28-21(27)18-11-6-14-5-4-13-2-1-3-17(18)20(13)14/h1-3,6-11,22H,4-5,12H2,(H,25,26). The minimum absolute atomic E-state index is 0.0171. The van der Waals surface area contributed by atoms with Crippen molar-refractivity contribution in [2.75, 3.05) is 11.9 Å². The number of hydrogen-bond acceptors (Lipinski definition) is 4. The zero-order valence-electron chi connectivity index (χ0n) is 15.3. The summed E-state index contributed by atoms with van der Waals surface area (Å²) in [5, 5.41) is 4.46. The third kappa shape index (κ3) is 4.03. The molecule has 0 saturated heterocycles. The molecule has 5 nitrogen and oxygen atoms in total. The predicted octanol–water partition coefficient (Wildman–Crippen LogP) is 4.34. The number of rotatable bonds is 6. The summed E-state index contributed by atoms with van der Waals surface area (Å²) in [5.74, 6) is -1.13. The van der Waals surface area contributed by atoms with Gasteiger partial charge in [-0.25, -0.2) is 4.79 Å². The Morgan fingerprint density at radius 3 is 2.41 bits per heavy atom. The summed E-state index contributed by atoms with van der Waals surface area (Å²) in [6.45, 7) is -3.38. The van der Waals surface area contributed by atoms with E-state index in [0.717, 1.165) is 23.6 Å². The van der Waals surface area contributed by atoms with Crippen LogP contribution in [0.15, 0.2) is 54.6 Å². The molecular weight excluding hydrogens is 380 g/mol. The summed E-state index contributed by atoms with van der Waals surface area (Å²) in [6.07, 6.45) is 1.91. The summed E-state index contributed by atoms with van der Waals surface area (Å²) < 4.78 is 33.7. The zero-order valence-corrected chi connectivity index (χ0v) is 15.3. The maximum Gasteiger partial charge on any atom is 0.387 e. The number of alkyl halides is 2. The van der Waals surface area contributed by atoms with E-state index in [9.17, 15) is 18.4 Å². The Kier molecular flexibility index (Phi) is 5.12. The second kappa shape index (κ2) is 7.87. The van der Waals surface area contributed by atoms with Crippen molar-refractivity contribution in [3.8, 4) is 5.75 Å². The van der Waals surface area contributed by atoms with Gasteiger partial charge in [-0.2, -0.15) is 8.78 Å². The average Bonchev–Trinajstić information content (AvgIpc) is 3.13. The molecule has 0 heterocycles. The second-order valence-electron chi connectivity index (χ2n) is 6.64. The lowest BCUT2D eigenvalue weighted by atomic mass is 10.00. The molecule has 3 aromatic carbocycles. The number of anilines is 1. The van der Waals surface area contributed by atoms with Crippen molar-refractivity contribution < 1.29 is 27.8 Å². The van der Waals surface area contributed by atoms with Crippen LogP contribution >= 0.6 is 0 Å². The number of carbonyl (C=O) groups is 2. The molecule has 0 bridgehead atoms. The van der Waals surface area contributed by atoms with Gasteiger partial charge in [0.25, 0.3) is 5.91 Å². The van der Waals surface area contributed by atoms with Crippen LogP contribution in [0.2, 0.25) is 0 Å². The van der Waals surface area contributed by atoms with Crippen molar-refractivity contribution in [3.05, 3.63) is 71.3 Å². The quantitative estimate of drug-likeness (QED) is 0.629. The van der Waals surface area contributed by atoms with E-state index in [-0.39, 0.29) is 5.75 Å². The third-order valence-electron chi connectivity index (χ3n) is 4.79. The molecule has 0 radical (unpaired) electrons. The van der Waals surface area contributed by atoms with E-state index in [0.29, 0.717) is 11.3 Å². The molecule has 0 fully saturated rings. The van der Waals surface area contributed by atoms with Crippen LogP contribution in [0.25, 0.3) is 10.8 Å². The Morgan fingerprint density at radius 1 is 0.966 bits per heavy atom. The van der Waals surface area contributed by atoms with Crippen LogP contribution in [0.4, 0.5) is 14.5 Å². The first kappa shape index (κ1) is 18.9. The lowest BCUT2D eigenvalue weighted by molar-refractivity contribution is -0.119. The van der Waals surface area contributed by atoms with Crippen LogP contribution in [0, 0.1) is 0 Å².